The Hall–Kier alpha value is -2.51. The molecule has 1 aromatic heterocycles. The molecule has 2 unspecified atom stereocenters. The molecular formula is C25H27NO5S. The molecule has 2 N–H and O–H groups in total. The van der Waals surface area contributed by atoms with Crippen LogP contribution in [0.4, 0.5) is 5.69 Å². The molecule has 2 atom stereocenters. The van der Waals surface area contributed by atoms with E-state index in [0.717, 1.165) is 59.4 Å². The third-order valence-corrected chi connectivity index (χ3v) is 8.32. The Morgan fingerprint density at radius 3 is 2.62 bits per heavy atom. The minimum absolute atomic E-state index is 0.0410. The predicted octanol–water partition coefficient (Wildman–Crippen LogP) is 4.52. The number of benzene rings is 1. The molecule has 1 fully saturated rings. The van der Waals surface area contributed by atoms with Crippen LogP contribution >= 0.6 is 11.3 Å². The lowest BCUT2D eigenvalue weighted by atomic mass is 9.76. The lowest BCUT2D eigenvalue weighted by Crippen LogP contribution is -2.33. The number of Topliss-reactive ketones (excluding diaryl/α,β-unsaturated/α-hetero) is 1. The average molecular weight is 454 g/mol. The summed E-state index contributed by atoms with van der Waals surface area (Å²) in [6, 6.07) is 5.83. The maximum absolute atomic E-state index is 13.3. The number of ether oxygens (including phenoxy) is 1. The maximum Gasteiger partial charge on any atom is 0.307 e. The molecular weight excluding hydrogens is 426 g/mol. The van der Waals surface area contributed by atoms with E-state index in [2.05, 4.69) is 5.32 Å². The number of carboxylic acid groups (broad SMARTS) is 1. The summed E-state index contributed by atoms with van der Waals surface area (Å²) in [7, 11) is 0. The molecule has 0 bridgehead atoms. The molecule has 1 amide bonds. The zero-order valence-electron chi connectivity index (χ0n) is 17.9. The number of carboxylic acids is 1. The number of carbonyl (C=O) groups excluding carboxylic acids is 2. The normalized spacial score (nSPS) is 21.8. The van der Waals surface area contributed by atoms with Crippen molar-refractivity contribution in [2.75, 3.05) is 5.32 Å². The van der Waals surface area contributed by atoms with E-state index in [1.807, 2.05) is 18.2 Å². The minimum atomic E-state index is -0.879. The van der Waals surface area contributed by atoms with Crippen molar-refractivity contribution in [2.45, 2.75) is 64.6 Å². The summed E-state index contributed by atoms with van der Waals surface area (Å²) in [5, 5.41) is 12.6. The Balaban J connectivity index is 1.39. The summed E-state index contributed by atoms with van der Waals surface area (Å²) >= 11 is 1.56. The van der Waals surface area contributed by atoms with Gasteiger partial charge in [-0.25, -0.2) is 0 Å². The number of rotatable bonds is 6. The first-order valence-corrected chi connectivity index (χ1v) is 12.2. The monoisotopic (exact) mass is 453 g/mol. The molecule has 168 valence electrons. The van der Waals surface area contributed by atoms with Crippen molar-refractivity contribution in [1.29, 1.82) is 0 Å². The van der Waals surface area contributed by atoms with Crippen LogP contribution in [0.25, 0.3) is 0 Å². The number of aryl methyl sites for hydroxylation is 1. The van der Waals surface area contributed by atoms with Crippen molar-refractivity contribution in [3.63, 3.8) is 0 Å². The summed E-state index contributed by atoms with van der Waals surface area (Å²) in [5.74, 6) is -2.15. The molecule has 6 nitrogen and oxygen atoms in total. The van der Waals surface area contributed by atoms with Crippen molar-refractivity contribution in [3.8, 4) is 0 Å². The summed E-state index contributed by atoms with van der Waals surface area (Å²) in [6.07, 6.45) is 5.88. The molecule has 32 heavy (non-hydrogen) atoms. The largest absolute Gasteiger partial charge is 0.481 e. The van der Waals surface area contributed by atoms with Gasteiger partial charge in [-0.15, -0.1) is 11.3 Å². The Morgan fingerprint density at radius 1 is 1.03 bits per heavy atom. The lowest BCUT2D eigenvalue weighted by Gasteiger charge is -2.27. The van der Waals surface area contributed by atoms with E-state index >= 15 is 0 Å². The standard InChI is InChI=1S/C25H27NO5S/c27-20(17-4-1-2-5-18(17)25(29)30)11-22-23(19-6-3-7-21(19)32-22)24(28)26-16-9-8-14-12-31-13-15(14)10-16/h8-10,17-18H,1-7,11-13H2,(H,26,28)(H,29,30). The Kier molecular flexibility index (Phi) is 5.86. The van der Waals surface area contributed by atoms with Gasteiger partial charge < -0.3 is 15.2 Å². The van der Waals surface area contributed by atoms with Crippen molar-refractivity contribution in [1.82, 2.24) is 0 Å². The van der Waals surface area contributed by atoms with Gasteiger partial charge in [-0.1, -0.05) is 18.9 Å². The molecule has 0 radical (unpaired) electrons. The van der Waals surface area contributed by atoms with E-state index in [-0.39, 0.29) is 18.1 Å². The SMILES string of the molecule is O=C(Nc1ccc2c(c1)COC2)c1c(CC(=O)C2CCCCC2C(=O)O)sc2c1CCC2. The van der Waals surface area contributed by atoms with Crippen molar-refractivity contribution in [2.24, 2.45) is 11.8 Å². The summed E-state index contributed by atoms with van der Waals surface area (Å²) in [4.78, 5) is 40.2. The number of thiophene rings is 1. The number of carbonyl (C=O) groups is 3. The second kappa shape index (κ2) is 8.79. The van der Waals surface area contributed by atoms with Gasteiger partial charge in [0, 0.05) is 27.8 Å². The van der Waals surface area contributed by atoms with Crippen LogP contribution in [0.2, 0.25) is 0 Å². The highest BCUT2D eigenvalue weighted by atomic mass is 32.1. The van der Waals surface area contributed by atoms with Crippen LogP contribution in [0.15, 0.2) is 18.2 Å². The summed E-state index contributed by atoms with van der Waals surface area (Å²) < 4.78 is 5.46. The highest BCUT2D eigenvalue weighted by molar-refractivity contribution is 7.12. The van der Waals surface area contributed by atoms with E-state index in [1.165, 1.54) is 4.88 Å². The molecule has 3 aliphatic rings. The predicted molar refractivity (Wildman–Crippen MR) is 121 cm³/mol. The summed E-state index contributed by atoms with van der Waals surface area (Å²) in [5.41, 5.74) is 4.66. The molecule has 7 heteroatoms. The van der Waals surface area contributed by atoms with Gasteiger partial charge in [0.2, 0.25) is 0 Å². The molecule has 1 aromatic carbocycles. The molecule has 5 rings (SSSR count). The number of fused-ring (bicyclic) bond motifs is 2. The zero-order chi connectivity index (χ0) is 22.2. The van der Waals surface area contributed by atoms with Gasteiger partial charge in [0.1, 0.15) is 5.78 Å². The zero-order valence-corrected chi connectivity index (χ0v) is 18.8. The topological polar surface area (TPSA) is 92.7 Å². The number of ketones is 1. The van der Waals surface area contributed by atoms with Crippen LogP contribution in [0.5, 0.6) is 0 Å². The molecule has 0 saturated heterocycles. The second-order valence-corrected chi connectivity index (χ2v) is 10.3. The van der Waals surface area contributed by atoms with Gasteiger partial charge in [0.15, 0.2) is 0 Å². The van der Waals surface area contributed by atoms with E-state index < -0.39 is 17.8 Å². The van der Waals surface area contributed by atoms with Crippen molar-refractivity contribution >= 4 is 34.7 Å². The average Bonchev–Trinajstić information content (AvgIpc) is 3.49. The van der Waals surface area contributed by atoms with E-state index in [9.17, 15) is 19.5 Å². The van der Waals surface area contributed by atoms with Crippen LogP contribution in [0, 0.1) is 11.8 Å². The van der Waals surface area contributed by atoms with E-state index in [0.29, 0.717) is 31.6 Å². The fourth-order valence-corrected chi connectivity index (χ4v) is 6.80. The highest BCUT2D eigenvalue weighted by Gasteiger charge is 2.37. The quantitative estimate of drug-likeness (QED) is 0.671. The first kappa shape index (κ1) is 21.3. The van der Waals surface area contributed by atoms with Crippen LogP contribution in [0.3, 0.4) is 0 Å². The minimum Gasteiger partial charge on any atom is -0.481 e. The van der Waals surface area contributed by atoms with Crippen LogP contribution in [-0.4, -0.2) is 22.8 Å². The second-order valence-electron chi connectivity index (χ2n) is 9.06. The number of anilines is 1. The summed E-state index contributed by atoms with van der Waals surface area (Å²) in [6.45, 7) is 1.16. The molecule has 1 saturated carbocycles. The van der Waals surface area contributed by atoms with Crippen molar-refractivity contribution in [3.05, 3.63) is 50.2 Å². The number of hydrogen-bond acceptors (Lipinski definition) is 5. The van der Waals surface area contributed by atoms with E-state index in [4.69, 9.17) is 4.74 Å². The Labute approximate surface area is 191 Å². The van der Waals surface area contributed by atoms with Crippen molar-refractivity contribution < 1.29 is 24.2 Å². The smallest absolute Gasteiger partial charge is 0.307 e. The van der Waals surface area contributed by atoms with Gasteiger partial charge >= 0.3 is 5.97 Å². The maximum atomic E-state index is 13.3. The van der Waals surface area contributed by atoms with Crippen LogP contribution in [0.1, 0.15) is 68.9 Å². The van der Waals surface area contributed by atoms with Gasteiger partial charge in [-0.2, -0.15) is 0 Å². The third-order valence-electron chi connectivity index (χ3n) is 7.03. The Bertz CT molecular complexity index is 1090. The first-order chi connectivity index (χ1) is 15.5. The molecule has 0 spiro atoms. The molecule has 1 aliphatic heterocycles. The first-order valence-electron chi connectivity index (χ1n) is 11.4. The van der Waals surface area contributed by atoms with Gasteiger partial charge in [-0.3, -0.25) is 14.4 Å². The van der Waals surface area contributed by atoms with Crippen LogP contribution < -0.4 is 5.32 Å². The number of nitrogens with one attached hydrogen (secondary N) is 1. The molecule has 2 aliphatic carbocycles. The lowest BCUT2D eigenvalue weighted by molar-refractivity contribution is -0.148. The number of amides is 1. The highest BCUT2D eigenvalue weighted by Crippen LogP contribution is 2.38. The fourth-order valence-electron chi connectivity index (χ4n) is 5.39. The van der Waals surface area contributed by atoms with Gasteiger partial charge in [-0.05, 0) is 60.9 Å². The fraction of sp³-hybridized carbons (Fsp3) is 0.480. The number of aliphatic carboxylic acids is 1. The van der Waals surface area contributed by atoms with E-state index in [1.54, 1.807) is 11.3 Å². The van der Waals surface area contributed by atoms with Crippen LogP contribution in [-0.2, 0) is 46.8 Å². The van der Waals surface area contributed by atoms with Gasteiger partial charge in [0.05, 0.1) is 24.7 Å². The van der Waals surface area contributed by atoms with Gasteiger partial charge in [0.25, 0.3) is 5.91 Å². The molecule has 2 heterocycles. The number of hydrogen-bond donors (Lipinski definition) is 2. The third kappa shape index (κ3) is 3.99. The Morgan fingerprint density at radius 2 is 1.81 bits per heavy atom. The molecule has 2 aromatic rings.